The molecule has 2 rings (SSSR count). The second-order valence-corrected chi connectivity index (χ2v) is 3.08. The highest BCUT2D eigenvalue weighted by Gasteiger charge is 2.00. The predicted octanol–water partition coefficient (Wildman–Crippen LogP) is 1.74. The van der Waals surface area contributed by atoms with E-state index in [1.165, 1.54) is 0 Å². The minimum Gasteiger partial charge on any atom is -0.325 e. The number of pyridine rings is 2. The van der Waals surface area contributed by atoms with Crippen molar-refractivity contribution in [3.63, 3.8) is 0 Å². The lowest BCUT2D eigenvalue weighted by Crippen LogP contribution is -1.99. The van der Waals surface area contributed by atoms with E-state index in [1.54, 1.807) is 12.3 Å². The number of nitrogens with two attached hydrogens (primary N) is 1. The fraction of sp³-hybridized carbons (Fsp3) is 0.111. The quantitative estimate of drug-likeness (QED) is 0.751. The van der Waals surface area contributed by atoms with E-state index in [2.05, 4.69) is 9.97 Å². The molecule has 0 aliphatic carbocycles. The Bertz CT molecular complexity index is 442. The van der Waals surface area contributed by atoms with Crippen LogP contribution in [0.3, 0.4) is 0 Å². The summed E-state index contributed by atoms with van der Waals surface area (Å²) < 4.78 is 0. The van der Waals surface area contributed by atoms with Crippen molar-refractivity contribution in [1.29, 1.82) is 0 Å². The summed E-state index contributed by atoms with van der Waals surface area (Å²) in [5.41, 5.74) is 6.93. The molecule has 0 aliphatic rings. The molecular weight excluding hydrogens is 186 g/mol. The normalized spacial score (nSPS) is 10.6. The minimum absolute atomic E-state index is 0.421. The van der Waals surface area contributed by atoms with Gasteiger partial charge >= 0.3 is 0 Å². The number of aromatic nitrogens is 2. The van der Waals surface area contributed by atoms with Crippen LogP contribution in [0.25, 0.3) is 11.0 Å². The molecule has 0 saturated carbocycles. The summed E-state index contributed by atoms with van der Waals surface area (Å²) in [5.74, 6) is 0. The Labute approximate surface area is 80.6 Å². The molecule has 66 valence electrons. The molecule has 2 aromatic rings. The molecule has 2 aromatic heterocycles. The van der Waals surface area contributed by atoms with Crippen molar-refractivity contribution < 1.29 is 0 Å². The van der Waals surface area contributed by atoms with Crippen molar-refractivity contribution >= 4 is 22.6 Å². The molecule has 2 heterocycles. The van der Waals surface area contributed by atoms with Gasteiger partial charge in [0.15, 0.2) is 5.65 Å². The van der Waals surface area contributed by atoms with Gasteiger partial charge in [-0.1, -0.05) is 11.6 Å². The number of nitrogens with zero attached hydrogens (tertiary/aromatic N) is 2. The molecule has 0 spiro atoms. The van der Waals surface area contributed by atoms with E-state index < -0.39 is 0 Å². The van der Waals surface area contributed by atoms with E-state index in [0.29, 0.717) is 17.2 Å². The number of hydrogen-bond acceptors (Lipinski definition) is 3. The molecule has 0 saturated heterocycles. The van der Waals surface area contributed by atoms with Crippen molar-refractivity contribution in [3.8, 4) is 0 Å². The molecule has 0 aliphatic heterocycles. The molecule has 13 heavy (non-hydrogen) atoms. The van der Waals surface area contributed by atoms with E-state index in [0.717, 1.165) is 11.1 Å². The van der Waals surface area contributed by atoms with E-state index in [1.807, 2.05) is 12.1 Å². The molecule has 0 atom stereocenters. The lowest BCUT2D eigenvalue weighted by Gasteiger charge is -2.00. The van der Waals surface area contributed by atoms with Crippen LogP contribution in [0, 0.1) is 0 Å². The number of hydrogen-bond donors (Lipinski definition) is 1. The zero-order valence-electron chi connectivity index (χ0n) is 6.87. The highest BCUT2D eigenvalue weighted by atomic mass is 35.5. The minimum atomic E-state index is 0.421. The molecule has 0 radical (unpaired) electrons. The Hall–Kier alpha value is -1.19. The highest BCUT2D eigenvalue weighted by molar-refractivity contribution is 6.35. The Kier molecular flexibility index (Phi) is 2.12. The fourth-order valence-electron chi connectivity index (χ4n) is 1.15. The van der Waals surface area contributed by atoms with Crippen LogP contribution < -0.4 is 5.73 Å². The molecule has 0 amide bonds. The third kappa shape index (κ3) is 1.48. The monoisotopic (exact) mass is 193 g/mol. The van der Waals surface area contributed by atoms with E-state index in [-0.39, 0.29) is 0 Å². The fourth-order valence-corrected chi connectivity index (χ4v) is 1.35. The summed E-state index contributed by atoms with van der Waals surface area (Å²) in [4.78, 5) is 8.33. The molecule has 0 unspecified atom stereocenters. The van der Waals surface area contributed by atoms with Gasteiger partial charge in [-0.05, 0) is 18.2 Å². The van der Waals surface area contributed by atoms with Crippen LogP contribution >= 0.6 is 11.6 Å². The van der Waals surface area contributed by atoms with E-state index in [9.17, 15) is 0 Å². The van der Waals surface area contributed by atoms with Gasteiger partial charge in [0.25, 0.3) is 0 Å². The first-order chi connectivity index (χ1) is 6.31. The smallest absolute Gasteiger partial charge is 0.160 e. The van der Waals surface area contributed by atoms with Crippen molar-refractivity contribution in [3.05, 3.63) is 35.1 Å². The van der Waals surface area contributed by atoms with Gasteiger partial charge in [-0.25, -0.2) is 9.97 Å². The summed E-state index contributed by atoms with van der Waals surface area (Å²) in [5, 5.41) is 1.53. The SMILES string of the molecule is NCc1ccc2c(Cl)ccnc2n1. The zero-order chi connectivity index (χ0) is 9.26. The molecule has 4 heteroatoms. The van der Waals surface area contributed by atoms with Crippen LogP contribution in [0.1, 0.15) is 5.69 Å². The summed E-state index contributed by atoms with van der Waals surface area (Å²) in [7, 11) is 0. The third-order valence-electron chi connectivity index (χ3n) is 1.82. The average molecular weight is 194 g/mol. The van der Waals surface area contributed by atoms with Crippen molar-refractivity contribution in [2.24, 2.45) is 5.73 Å². The van der Waals surface area contributed by atoms with Gasteiger partial charge in [0.1, 0.15) is 0 Å². The van der Waals surface area contributed by atoms with Crippen LogP contribution in [0.5, 0.6) is 0 Å². The van der Waals surface area contributed by atoms with Crippen LogP contribution in [-0.4, -0.2) is 9.97 Å². The number of fused-ring (bicyclic) bond motifs is 1. The van der Waals surface area contributed by atoms with E-state index >= 15 is 0 Å². The highest BCUT2D eigenvalue weighted by Crippen LogP contribution is 2.19. The summed E-state index contributed by atoms with van der Waals surface area (Å²) in [6, 6.07) is 5.49. The average Bonchev–Trinajstić information content (AvgIpc) is 2.18. The van der Waals surface area contributed by atoms with Gasteiger partial charge in [-0.3, -0.25) is 0 Å². The van der Waals surface area contributed by atoms with Crippen LogP contribution in [0.4, 0.5) is 0 Å². The van der Waals surface area contributed by atoms with E-state index in [4.69, 9.17) is 17.3 Å². The van der Waals surface area contributed by atoms with Crippen LogP contribution in [-0.2, 0) is 6.54 Å². The first kappa shape index (κ1) is 8.41. The molecule has 0 bridgehead atoms. The largest absolute Gasteiger partial charge is 0.325 e. The van der Waals surface area contributed by atoms with Gasteiger partial charge in [0.05, 0.1) is 10.7 Å². The molecule has 0 fully saturated rings. The maximum absolute atomic E-state index is 5.94. The van der Waals surface area contributed by atoms with Gasteiger partial charge < -0.3 is 5.73 Å². The lowest BCUT2D eigenvalue weighted by atomic mass is 10.2. The Morgan fingerprint density at radius 2 is 2.15 bits per heavy atom. The van der Waals surface area contributed by atoms with Crippen molar-refractivity contribution in [2.75, 3.05) is 0 Å². The van der Waals surface area contributed by atoms with Gasteiger partial charge in [0, 0.05) is 18.1 Å². The second kappa shape index (κ2) is 3.28. The van der Waals surface area contributed by atoms with Crippen LogP contribution in [0.15, 0.2) is 24.4 Å². The number of halogens is 1. The first-order valence-corrected chi connectivity index (χ1v) is 4.29. The Morgan fingerprint density at radius 1 is 1.31 bits per heavy atom. The molecule has 3 nitrogen and oxygen atoms in total. The lowest BCUT2D eigenvalue weighted by molar-refractivity contribution is 0.999. The summed E-state index contributed by atoms with van der Waals surface area (Å²) in [6.45, 7) is 0.421. The summed E-state index contributed by atoms with van der Waals surface area (Å²) in [6.07, 6.45) is 1.64. The number of rotatable bonds is 1. The van der Waals surface area contributed by atoms with Crippen LogP contribution in [0.2, 0.25) is 5.02 Å². The first-order valence-electron chi connectivity index (χ1n) is 3.91. The predicted molar refractivity (Wildman–Crippen MR) is 52.4 cm³/mol. The Morgan fingerprint density at radius 3 is 2.92 bits per heavy atom. The summed E-state index contributed by atoms with van der Waals surface area (Å²) >= 11 is 5.94. The maximum atomic E-state index is 5.94. The maximum Gasteiger partial charge on any atom is 0.160 e. The molecule has 0 aromatic carbocycles. The molecular formula is C9H8ClN3. The van der Waals surface area contributed by atoms with Crippen molar-refractivity contribution in [1.82, 2.24) is 9.97 Å². The Balaban J connectivity index is 2.72. The topological polar surface area (TPSA) is 51.8 Å². The second-order valence-electron chi connectivity index (χ2n) is 2.67. The van der Waals surface area contributed by atoms with Gasteiger partial charge in [-0.15, -0.1) is 0 Å². The third-order valence-corrected chi connectivity index (χ3v) is 2.15. The van der Waals surface area contributed by atoms with Gasteiger partial charge in [0.2, 0.25) is 0 Å². The molecule has 2 N–H and O–H groups in total. The standard InChI is InChI=1S/C9H8ClN3/c10-8-3-4-12-9-7(8)2-1-6(5-11)13-9/h1-4H,5,11H2. The van der Waals surface area contributed by atoms with Crippen molar-refractivity contribution in [2.45, 2.75) is 6.54 Å². The van der Waals surface area contributed by atoms with Gasteiger partial charge in [-0.2, -0.15) is 0 Å². The zero-order valence-corrected chi connectivity index (χ0v) is 7.62.